The van der Waals surface area contributed by atoms with E-state index in [9.17, 15) is 14.9 Å². The van der Waals surface area contributed by atoms with E-state index in [1.807, 2.05) is 24.3 Å². The molecule has 0 radical (unpaired) electrons. The van der Waals surface area contributed by atoms with E-state index in [0.717, 1.165) is 20.9 Å². The Balaban J connectivity index is 1.32. The SMILES string of the molecule is O=C(CSCc1nc2ccccc2s1)NCCNc1ccc([N+](=O)[O-])cc1. The molecule has 0 unspecified atom stereocenters. The Bertz CT molecular complexity index is 895. The number of para-hydroxylation sites is 1. The van der Waals surface area contributed by atoms with Crippen LogP contribution in [0.2, 0.25) is 0 Å². The second-order valence-corrected chi connectivity index (χ2v) is 7.75. The number of rotatable bonds is 9. The van der Waals surface area contributed by atoms with Crippen LogP contribution in [0.4, 0.5) is 11.4 Å². The molecule has 9 heteroatoms. The molecule has 2 aromatic carbocycles. The maximum atomic E-state index is 11.9. The van der Waals surface area contributed by atoms with Crippen LogP contribution in [0.1, 0.15) is 5.01 Å². The lowest BCUT2D eigenvalue weighted by molar-refractivity contribution is -0.384. The minimum absolute atomic E-state index is 0.0217. The molecule has 0 spiro atoms. The molecule has 1 amide bonds. The number of anilines is 1. The molecule has 140 valence electrons. The van der Waals surface area contributed by atoms with Crippen LogP contribution in [0.5, 0.6) is 0 Å². The zero-order valence-electron chi connectivity index (χ0n) is 14.4. The second kappa shape index (κ2) is 9.33. The third kappa shape index (κ3) is 5.66. The molecule has 0 aliphatic heterocycles. The van der Waals surface area contributed by atoms with E-state index in [-0.39, 0.29) is 11.6 Å². The number of thioether (sulfide) groups is 1. The van der Waals surface area contributed by atoms with Gasteiger partial charge in [-0.3, -0.25) is 14.9 Å². The normalized spacial score (nSPS) is 10.7. The number of aromatic nitrogens is 1. The first kappa shape index (κ1) is 19.1. The lowest BCUT2D eigenvalue weighted by atomic mass is 10.3. The summed E-state index contributed by atoms with van der Waals surface area (Å²) in [4.78, 5) is 26.6. The summed E-state index contributed by atoms with van der Waals surface area (Å²) in [5.74, 6) is 1.08. The summed E-state index contributed by atoms with van der Waals surface area (Å²) >= 11 is 3.20. The van der Waals surface area contributed by atoms with Gasteiger partial charge >= 0.3 is 0 Å². The van der Waals surface area contributed by atoms with Crippen LogP contribution in [0, 0.1) is 10.1 Å². The standard InChI is InChI=1S/C18H18N4O3S2/c23-17(11-26-12-18-21-15-3-1-2-4-16(15)27-18)20-10-9-19-13-5-7-14(8-6-13)22(24)25/h1-8,19H,9-12H2,(H,20,23). The first-order valence-electron chi connectivity index (χ1n) is 8.29. The Labute approximate surface area is 164 Å². The van der Waals surface area contributed by atoms with Crippen molar-refractivity contribution in [2.24, 2.45) is 0 Å². The molecule has 0 fully saturated rings. The van der Waals surface area contributed by atoms with Gasteiger partial charge in [0, 0.05) is 36.7 Å². The molecule has 7 nitrogen and oxygen atoms in total. The Morgan fingerprint density at radius 3 is 2.67 bits per heavy atom. The summed E-state index contributed by atoms with van der Waals surface area (Å²) in [6.07, 6.45) is 0. The largest absolute Gasteiger partial charge is 0.383 e. The second-order valence-electron chi connectivity index (χ2n) is 5.65. The van der Waals surface area contributed by atoms with Gasteiger partial charge in [0.05, 0.1) is 20.9 Å². The van der Waals surface area contributed by atoms with Gasteiger partial charge in [-0.15, -0.1) is 23.1 Å². The highest BCUT2D eigenvalue weighted by molar-refractivity contribution is 7.99. The minimum Gasteiger partial charge on any atom is -0.383 e. The highest BCUT2D eigenvalue weighted by atomic mass is 32.2. The van der Waals surface area contributed by atoms with Gasteiger partial charge in [-0.2, -0.15) is 0 Å². The van der Waals surface area contributed by atoms with Crippen molar-refractivity contribution in [3.05, 3.63) is 63.7 Å². The number of nitrogens with one attached hydrogen (secondary N) is 2. The number of hydrogen-bond acceptors (Lipinski definition) is 7. The molecule has 1 heterocycles. The molecule has 0 atom stereocenters. The third-order valence-corrected chi connectivity index (χ3v) is 5.81. The van der Waals surface area contributed by atoms with Gasteiger partial charge in [0.1, 0.15) is 5.01 Å². The van der Waals surface area contributed by atoms with E-state index >= 15 is 0 Å². The zero-order chi connectivity index (χ0) is 19.1. The van der Waals surface area contributed by atoms with Crippen molar-refractivity contribution >= 4 is 50.6 Å². The number of non-ortho nitro benzene ring substituents is 1. The lowest BCUT2D eigenvalue weighted by Crippen LogP contribution is -2.30. The van der Waals surface area contributed by atoms with Crippen LogP contribution in [0.3, 0.4) is 0 Å². The third-order valence-electron chi connectivity index (χ3n) is 3.65. The molecule has 3 aromatic rings. The molecule has 27 heavy (non-hydrogen) atoms. The van der Waals surface area contributed by atoms with Crippen molar-refractivity contribution in [3.8, 4) is 0 Å². The summed E-state index contributed by atoms with van der Waals surface area (Å²) in [5.41, 5.74) is 1.83. The lowest BCUT2D eigenvalue weighted by Gasteiger charge is -2.07. The number of carbonyl (C=O) groups excluding carboxylic acids is 1. The predicted octanol–water partition coefficient (Wildman–Crippen LogP) is 3.67. The number of benzene rings is 2. The van der Waals surface area contributed by atoms with Crippen molar-refractivity contribution in [2.45, 2.75) is 5.75 Å². The average molecular weight is 403 g/mol. The van der Waals surface area contributed by atoms with E-state index in [2.05, 4.69) is 15.6 Å². The number of amides is 1. The van der Waals surface area contributed by atoms with Crippen LogP contribution in [-0.2, 0) is 10.5 Å². The Hall–Kier alpha value is -2.65. The van der Waals surface area contributed by atoms with Gasteiger partial charge in [-0.25, -0.2) is 4.98 Å². The highest BCUT2D eigenvalue weighted by Crippen LogP contribution is 2.24. The molecule has 0 bridgehead atoms. The summed E-state index contributed by atoms with van der Waals surface area (Å²) in [7, 11) is 0. The number of thiazole rings is 1. The molecule has 0 saturated carbocycles. The van der Waals surface area contributed by atoms with E-state index in [1.165, 1.54) is 12.1 Å². The zero-order valence-corrected chi connectivity index (χ0v) is 16.0. The molecule has 0 saturated heterocycles. The van der Waals surface area contributed by atoms with Crippen molar-refractivity contribution in [2.75, 3.05) is 24.2 Å². The summed E-state index contributed by atoms with van der Waals surface area (Å²) in [5, 5.41) is 17.6. The van der Waals surface area contributed by atoms with Gasteiger partial charge < -0.3 is 10.6 Å². The molecule has 0 aliphatic rings. The van der Waals surface area contributed by atoms with Crippen LogP contribution >= 0.6 is 23.1 Å². The van der Waals surface area contributed by atoms with Crippen LogP contribution < -0.4 is 10.6 Å². The van der Waals surface area contributed by atoms with E-state index in [0.29, 0.717) is 24.6 Å². The number of carbonyl (C=O) groups is 1. The maximum Gasteiger partial charge on any atom is 0.269 e. The molecule has 1 aromatic heterocycles. The van der Waals surface area contributed by atoms with Gasteiger partial charge in [0.15, 0.2) is 0 Å². The fraction of sp³-hybridized carbons (Fsp3) is 0.222. The molecular weight excluding hydrogens is 384 g/mol. The van der Waals surface area contributed by atoms with Gasteiger partial charge in [0.2, 0.25) is 5.91 Å². The number of nitro benzene ring substituents is 1. The summed E-state index contributed by atoms with van der Waals surface area (Å²) in [6.45, 7) is 1.03. The Morgan fingerprint density at radius 1 is 1.15 bits per heavy atom. The number of nitro groups is 1. The highest BCUT2D eigenvalue weighted by Gasteiger charge is 2.06. The monoisotopic (exact) mass is 402 g/mol. The first-order valence-corrected chi connectivity index (χ1v) is 10.3. The van der Waals surface area contributed by atoms with E-state index < -0.39 is 4.92 Å². The Morgan fingerprint density at radius 2 is 1.93 bits per heavy atom. The molecule has 2 N–H and O–H groups in total. The smallest absolute Gasteiger partial charge is 0.269 e. The number of hydrogen-bond donors (Lipinski definition) is 2. The van der Waals surface area contributed by atoms with Gasteiger partial charge in [-0.1, -0.05) is 12.1 Å². The first-order chi connectivity index (χ1) is 13.1. The van der Waals surface area contributed by atoms with Gasteiger partial charge in [0.25, 0.3) is 5.69 Å². The van der Waals surface area contributed by atoms with Crippen LogP contribution in [0.25, 0.3) is 10.2 Å². The van der Waals surface area contributed by atoms with Crippen molar-refractivity contribution < 1.29 is 9.72 Å². The molecule has 3 rings (SSSR count). The number of nitrogens with zero attached hydrogens (tertiary/aromatic N) is 2. The maximum absolute atomic E-state index is 11.9. The fourth-order valence-corrected chi connectivity index (χ4v) is 4.25. The van der Waals surface area contributed by atoms with Crippen LogP contribution in [0.15, 0.2) is 48.5 Å². The van der Waals surface area contributed by atoms with Crippen molar-refractivity contribution in [3.63, 3.8) is 0 Å². The van der Waals surface area contributed by atoms with Gasteiger partial charge in [-0.05, 0) is 24.3 Å². The van der Waals surface area contributed by atoms with E-state index in [1.54, 1.807) is 35.2 Å². The van der Waals surface area contributed by atoms with Crippen LogP contribution in [-0.4, -0.2) is 34.7 Å². The molecular formula is C18H18N4O3S2. The predicted molar refractivity (Wildman–Crippen MR) is 110 cm³/mol. The quantitative estimate of drug-likeness (QED) is 0.322. The fourth-order valence-electron chi connectivity index (χ4n) is 2.37. The van der Waals surface area contributed by atoms with Crippen molar-refractivity contribution in [1.82, 2.24) is 10.3 Å². The van der Waals surface area contributed by atoms with E-state index in [4.69, 9.17) is 0 Å². The average Bonchev–Trinajstić information content (AvgIpc) is 3.08. The number of fused-ring (bicyclic) bond motifs is 1. The summed E-state index contributed by atoms with van der Waals surface area (Å²) in [6, 6.07) is 14.2. The minimum atomic E-state index is -0.435. The molecule has 0 aliphatic carbocycles. The Kier molecular flexibility index (Phi) is 6.61. The van der Waals surface area contributed by atoms with Crippen molar-refractivity contribution in [1.29, 1.82) is 0 Å². The summed E-state index contributed by atoms with van der Waals surface area (Å²) < 4.78 is 1.16. The topological polar surface area (TPSA) is 97.2 Å².